The summed E-state index contributed by atoms with van der Waals surface area (Å²) in [4.78, 5) is 78.0. The summed E-state index contributed by atoms with van der Waals surface area (Å²) in [7, 11) is 3.01. The van der Waals surface area contributed by atoms with Gasteiger partial charge in [0.1, 0.15) is 17.3 Å². The minimum atomic E-state index is -0.981. The van der Waals surface area contributed by atoms with Crippen LogP contribution in [-0.2, 0) is 35.2 Å². The number of rotatable bonds is 17. The van der Waals surface area contributed by atoms with E-state index in [1.54, 1.807) is 35.2 Å². The van der Waals surface area contributed by atoms with E-state index in [9.17, 15) is 24.0 Å². The molecule has 0 radical (unpaired) electrons. The molecule has 1 saturated carbocycles. The van der Waals surface area contributed by atoms with Crippen molar-refractivity contribution in [3.63, 3.8) is 0 Å². The zero-order valence-corrected chi connectivity index (χ0v) is 34.0. The highest BCUT2D eigenvalue weighted by Crippen LogP contribution is 2.43. The maximum Gasteiger partial charge on any atom is 0.227 e. The Hall–Kier alpha value is -4.05. The van der Waals surface area contributed by atoms with Crippen molar-refractivity contribution in [2.24, 2.45) is 28.3 Å². The number of likely N-dealkylation sites (tertiary alicyclic amines) is 1. The van der Waals surface area contributed by atoms with Crippen molar-refractivity contribution in [2.75, 3.05) is 20.8 Å². The van der Waals surface area contributed by atoms with Crippen LogP contribution < -0.4 is 9.47 Å². The zero-order valence-electron chi connectivity index (χ0n) is 33.3. The molecule has 1 aliphatic carbocycles. The standard InChI is InChI=1S/C44H57ClN2O8/c1-7-12-30(41(51)39(50)23-31-21-34(53-5)17-18-40(31)54-6)22-38(49)37-26-44(25-36(46-55-44)29-15-11-16-32(45)20-29)27-47(37)42(52)35(43(2,3)4)24-33(48)19-28-13-9-8-10-14-28/h11,15-18,20-21,28,30,35,37H,7-10,12-14,19,22-27H2,1-6H3/t30-,35-,37+,44-/m1/s1. The second-order valence-corrected chi connectivity index (χ2v) is 17.3. The van der Waals surface area contributed by atoms with Gasteiger partial charge in [-0.05, 0) is 48.1 Å². The van der Waals surface area contributed by atoms with Crippen molar-refractivity contribution >= 4 is 46.4 Å². The summed E-state index contributed by atoms with van der Waals surface area (Å²) in [5.41, 5.74) is 0.408. The lowest BCUT2D eigenvalue weighted by Crippen LogP contribution is -2.48. The summed E-state index contributed by atoms with van der Waals surface area (Å²) in [6.07, 6.45) is 7.07. The fourth-order valence-corrected chi connectivity index (χ4v) is 8.75. The number of ether oxygens (including phenoxy) is 2. The number of carbonyl (C=O) groups is 5. The number of nitrogens with zero attached hydrogens (tertiary/aromatic N) is 2. The number of oxime groups is 1. The zero-order chi connectivity index (χ0) is 39.9. The highest BCUT2D eigenvalue weighted by Gasteiger charge is 2.55. The van der Waals surface area contributed by atoms with Crippen LogP contribution in [0, 0.1) is 23.2 Å². The maximum atomic E-state index is 14.8. The lowest BCUT2D eigenvalue weighted by molar-refractivity contribution is -0.147. The molecule has 298 valence electrons. The van der Waals surface area contributed by atoms with Gasteiger partial charge in [-0.15, -0.1) is 0 Å². The first-order valence-corrected chi connectivity index (χ1v) is 20.2. The molecule has 1 spiro atoms. The summed E-state index contributed by atoms with van der Waals surface area (Å²) in [6.45, 7) is 7.87. The average molecular weight is 777 g/mol. The SMILES string of the molecule is CCC[C@H](CC(=O)[C@@H]1C[C@]2(CC(c3cccc(Cl)c3)=NO2)CN1C(=O)[C@@H](CC(=O)CC1CCCCC1)C(C)(C)C)C(=O)C(=O)Cc1cc(OC)ccc1OC. The van der Waals surface area contributed by atoms with Crippen molar-refractivity contribution in [3.8, 4) is 11.5 Å². The van der Waals surface area contributed by atoms with Gasteiger partial charge in [-0.2, -0.15) is 0 Å². The Bertz CT molecular complexity index is 1780. The van der Waals surface area contributed by atoms with Gasteiger partial charge >= 0.3 is 0 Å². The van der Waals surface area contributed by atoms with Crippen LogP contribution in [-0.4, -0.2) is 72.1 Å². The second-order valence-electron chi connectivity index (χ2n) is 16.9. The molecule has 2 aliphatic heterocycles. The monoisotopic (exact) mass is 776 g/mol. The third kappa shape index (κ3) is 10.4. The van der Waals surface area contributed by atoms with Gasteiger partial charge < -0.3 is 19.2 Å². The Balaban J connectivity index is 1.39. The summed E-state index contributed by atoms with van der Waals surface area (Å²) in [6, 6.07) is 11.4. The smallest absolute Gasteiger partial charge is 0.227 e. The normalized spacial score (nSPS) is 21.1. The minimum Gasteiger partial charge on any atom is -0.497 e. The van der Waals surface area contributed by atoms with Gasteiger partial charge in [0.15, 0.2) is 11.4 Å². The third-order valence-corrected chi connectivity index (χ3v) is 11.9. The van der Waals surface area contributed by atoms with Crippen LogP contribution in [0.1, 0.15) is 116 Å². The van der Waals surface area contributed by atoms with Gasteiger partial charge in [0.2, 0.25) is 17.5 Å². The van der Waals surface area contributed by atoms with Crippen LogP contribution in [0.3, 0.4) is 0 Å². The van der Waals surface area contributed by atoms with E-state index >= 15 is 0 Å². The molecule has 1 saturated heterocycles. The van der Waals surface area contributed by atoms with Gasteiger partial charge in [-0.25, -0.2) is 0 Å². The van der Waals surface area contributed by atoms with Crippen molar-refractivity contribution in [1.82, 2.24) is 4.90 Å². The lowest BCUT2D eigenvalue weighted by Gasteiger charge is -2.35. The Morgan fingerprint density at radius 2 is 1.75 bits per heavy atom. The van der Waals surface area contributed by atoms with Gasteiger partial charge in [-0.1, -0.05) is 95.1 Å². The van der Waals surface area contributed by atoms with Crippen molar-refractivity contribution < 1.29 is 38.3 Å². The molecule has 2 aromatic carbocycles. The first-order valence-electron chi connectivity index (χ1n) is 19.8. The van der Waals surface area contributed by atoms with Gasteiger partial charge in [0.25, 0.3) is 0 Å². The van der Waals surface area contributed by atoms with Gasteiger partial charge in [-0.3, -0.25) is 24.0 Å². The fourth-order valence-electron chi connectivity index (χ4n) is 8.55. The van der Waals surface area contributed by atoms with Crippen LogP contribution in [0.5, 0.6) is 11.5 Å². The predicted molar refractivity (Wildman–Crippen MR) is 212 cm³/mol. The number of halogens is 1. The first-order chi connectivity index (χ1) is 26.2. The quantitative estimate of drug-likeness (QED) is 0.147. The van der Waals surface area contributed by atoms with Crippen molar-refractivity contribution in [2.45, 2.75) is 123 Å². The lowest BCUT2D eigenvalue weighted by atomic mass is 9.75. The molecule has 10 nitrogen and oxygen atoms in total. The number of ketones is 4. The third-order valence-electron chi connectivity index (χ3n) is 11.6. The Labute approximate surface area is 330 Å². The second kappa shape index (κ2) is 18.3. The van der Waals surface area contributed by atoms with E-state index in [-0.39, 0.29) is 49.7 Å². The van der Waals surface area contributed by atoms with E-state index in [0.29, 0.717) is 59.4 Å². The molecule has 5 rings (SSSR count). The minimum absolute atomic E-state index is 0.0699. The number of methoxy groups -OCH3 is 2. The van der Waals surface area contributed by atoms with Crippen molar-refractivity contribution in [1.29, 1.82) is 0 Å². The number of amides is 1. The van der Waals surface area contributed by atoms with Crippen LogP contribution in [0.2, 0.25) is 5.02 Å². The number of Topliss-reactive ketones (excluding diaryl/α,β-unsaturated/α-hetero) is 4. The molecule has 0 bridgehead atoms. The Kier molecular flexibility index (Phi) is 14.0. The molecule has 0 unspecified atom stereocenters. The summed E-state index contributed by atoms with van der Waals surface area (Å²) >= 11 is 6.30. The summed E-state index contributed by atoms with van der Waals surface area (Å²) < 4.78 is 10.8. The predicted octanol–water partition coefficient (Wildman–Crippen LogP) is 8.17. The number of benzene rings is 2. The van der Waals surface area contributed by atoms with E-state index in [0.717, 1.165) is 31.2 Å². The number of carbonyl (C=O) groups excluding carboxylic acids is 5. The molecule has 3 aliphatic rings. The molecule has 2 aromatic rings. The molecule has 0 aromatic heterocycles. The highest BCUT2D eigenvalue weighted by atomic mass is 35.5. The van der Waals surface area contributed by atoms with Crippen LogP contribution in [0.4, 0.5) is 0 Å². The molecule has 1 amide bonds. The molecular formula is C44H57ClN2O8. The first kappa shape index (κ1) is 42.1. The van der Waals surface area contributed by atoms with Crippen molar-refractivity contribution in [3.05, 3.63) is 58.6 Å². The van der Waals surface area contributed by atoms with Crippen LogP contribution in [0.15, 0.2) is 47.6 Å². The van der Waals surface area contributed by atoms with E-state index < -0.39 is 40.5 Å². The Morgan fingerprint density at radius 1 is 1.00 bits per heavy atom. The number of hydrogen-bond acceptors (Lipinski definition) is 9. The van der Waals surface area contributed by atoms with E-state index in [1.165, 1.54) is 20.6 Å². The largest absolute Gasteiger partial charge is 0.497 e. The molecular weight excluding hydrogens is 720 g/mol. The topological polar surface area (TPSA) is 129 Å². The summed E-state index contributed by atoms with van der Waals surface area (Å²) in [5.74, 6) is -1.99. The molecule has 2 fully saturated rings. The Morgan fingerprint density at radius 3 is 2.40 bits per heavy atom. The molecule has 2 heterocycles. The number of hydrogen-bond donors (Lipinski definition) is 0. The van der Waals surface area contributed by atoms with E-state index in [4.69, 9.17) is 25.9 Å². The molecule has 55 heavy (non-hydrogen) atoms. The molecule has 4 atom stereocenters. The van der Waals surface area contributed by atoms with E-state index in [1.807, 2.05) is 39.8 Å². The molecule has 11 heteroatoms. The van der Waals surface area contributed by atoms with Crippen LogP contribution >= 0.6 is 11.6 Å². The molecule has 0 N–H and O–H groups in total. The maximum absolute atomic E-state index is 14.8. The van der Waals surface area contributed by atoms with Gasteiger partial charge in [0.05, 0.1) is 32.5 Å². The average Bonchev–Trinajstić information content (AvgIpc) is 3.76. The summed E-state index contributed by atoms with van der Waals surface area (Å²) in [5, 5.41) is 4.97. The highest BCUT2D eigenvalue weighted by molar-refractivity contribution is 6.38. The van der Waals surface area contributed by atoms with Crippen LogP contribution in [0.25, 0.3) is 0 Å². The van der Waals surface area contributed by atoms with E-state index in [2.05, 4.69) is 5.16 Å². The van der Waals surface area contributed by atoms with Gasteiger partial charge in [0, 0.05) is 66.5 Å². The fraction of sp³-hybridized carbons (Fsp3) is 0.591.